The average molecular weight is 376 g/mol. The lowest BCUT2D eigenvalue weighted by Gasteiger charge is -2.39. The number of carbonyl (C=O) groups is 1. The zero-order chi connectivity index (χ0) is 19.3. The van der Waals surface area contributed by atoms with Crippen LogP contribution in [0.5, 0.6) is 0 Å². The van der Waals surface area contributed by atoms with Crippen molar-refractivity contribution in [2.45, 2.75) is 77.4 Å². The van der Waals surface area contributed by atoms with Crippen molar-refractivity contribution in [1.29, 1.82) is 0 Å². The first-order valence-corrected chi connectivity index (χ1v) is 10.0. The first kappa shape index (κ1) is 19.0. The van der Waals surface area contributed by atoms with Gasteiger partial charge in [0.15, 0.2) is 0 Å². The zero-order valence-electron chi connectivity index (χ0n) is 16.5. The lowest BCUT2D eigenvalue weighted by Crippen LogP contribution is -2.49. The maximum Gasteiger partial charge on any atom is 0.338 e. The highest BCUT2D eigenvalue weighted by Crippen LogP contribution is 2.53. The molecule has 142 valence electrons. The van der Waals surface area contributed by atoms with Crippen LogP contribution < -0.4 is 10.6 Å². The van der Waals surface area contributed by atoms with Crippen LogP contribution in [0, 0.1) is 6.92 Å². The van der Waals surface area contributed by atoms with Gasteiger partial charge in [0.25, 0.3) is 0 Å². The summed E-state index contributed by atoms with van der Waals surface area (Å²) in [5.74, 6) is -1.68. The fourth-order valence-corrected chi connectivity index (χ4v) is 5.48. The van der Waals surface area contributed by atoms with Crippen LogP contribution in [0.1, 0.15) is 69.9 Å². The van der Waals surface area contributed by atoms with Gasteiger partial charge in [-0.15, -0.1) is 11.3 Å². The quantitative estimate of drug-likeness (QED) is 0.723. The Morgan fingerprint density at radius 3 is 2.46 bits per heavy atom. The molecule has 1 atom stereocenters. The molecule has 0 amide bonds. The number of thiophene rings is 1. The van der Waals surface area contributed by atoms with E-state index in [9.17, 15) is 4.79 Å². The number of hydrogen-bond acceptors (Lipinski definition) is 5. The van der Waals surface area contributed by atoms with Crippen LogP contribution in [0.2, 0.25) is 0 Å². The van der Waals surface area contributed by atoms with Crippen molar-refractivity contribution in [3.63, 3.8) is 0 Å². The van der Waals surface area contributed by atoms with E-state index in [0.29, 0.717) is 6.42 Å². The zero-order valence-corrected chi connectivity index (χ0v) is 17.3. The van der Waals surface area contributed by atoms with Crippen LogP contribution in [0.25, 0.3) is 0 Å². The van der Waals surface area contributed by atoms with Gasteiger partial charge in [-0.2, -0.15) is 0 Å². The second kappa shape index (κ2) is 6.12. The third-order valence-corrected chi connectivity index (χ3v) is 7.36. The van der Waals surface area contributed by atoms with Gasteiger partial charge in [-0.1, -0.05) is 34.6 Å². The van der Waals surface area contributed by atoms with Crippen molar-refractivity contribution < 1.29 is 9.90 Å². The maximum absolute atomic E-state index is 11.1. The van der Waals surface area contributed by atoms with E-state index in [4.69, 9.17) is 5.11 Å². The number of nitrogens with zero attached hydrogens (tertiary/aromatic N) is 1. The van der Waals surface area contributed by atoms with E-state index in [2.05, 4.69) is 50.2 Å². The summed E-state index contributed by atoms with van der Waals surface area (Å²) in [4.78, 5) is 17.1. The minimum Gasteiger partial charge on any atom is -0.478 e. The fourth-order valence-electron chi connectivity index (χ4n) is 3.89. The Bertz CT molecular complexity index is 804. The van der Waals surface area contributed by atoms with Crippen LogP contribution in [-0.2, 0) is 15.6 Å². The van der Waals surface area contributed by atoms with Crippen LogP contribution in [0.15, 0.2) is 16.8 Å². The molecule has 2 heterocycles. The summed E-state index contributed by atoms with van der Waals surface area (Å²) in [7, 11) is 0. The van der Waals surface area contributed by atoms with Crippen molar-refractivity contribution >= 4 is 28.5 Å². The highest BCUT2D eigenvalue weighted by molar-refractivity contribution is 7.16. The van der Waals surface area contributed by atoms with Gasteiger partial charge in [0, 0.05) is 23.7 Å². The van der Waals surface area contributed by atoms with E-state index >= 15 is 0 Å². The first-order valence-electron chi connectivity index (χ1n) is 9.20. The van der Waals surface area contributed by atoms with Gasteiger partial charge in [0.05, 0.1) is 10.6 Å². The summed E-state index contributed by atoms with van der Waals surface area (Å²) in [6, 6.07) is 0. The Kier molecular flexibility index (Phi) is 4.46. The number of carboxylic acid groups (broad SMARTS) is 1. The Labute approximate surface area is 159 Å². The molecule has 1 aliphatic heterocycles. The molecular weight excluding hydrogens is 346 g/mol. The van der Waals surface area contributed by atoms with Gasteiger partial charge in [-0.05, 0) is 41.7 Å². The molecule has 6 heteroatoms. The highest BCUT2D eigenvalue weighted by Gasteiger charge is 2.41. The van der Waals surface area contributed by atoms with Crippen LogP contribution in [0.4, 0.5) is 5.00 Å². The van der Waals surface area contributed by atoms with Gasteiger partial charge in [-0.25, -0.2) is 9.79 Å². The van der Waals surface area contributed by atoms with E-state index in [1.54, 1.807) is 0 Å². The summed E-state index contributed by atoms with van der Waals surface area (Å²) in [6.45, 7) is 13.5. The molecule has 2 aliphatic rings. The predicted octanol–water partition coefficient (Wildman–Crippen LogP) is 4.52. The molecule has 1 aliphatic carbocycles. The summed E-state index contributed by atoms with van der Waals surface area (Å²) in [6.07, 6.45) is 6.03. The van der Waals surface area contributed by atoms with Gasteiger partial charge in [0.2, 0.25) is 5.79 Å². The molecule has 0 saturated carbocycles. The normalized spacial score (nSPS) is 25.8. The fraction of sp³-hybridized carbons (Fsp3) is 0.600. The number of carboxylic acids is 1. The highest BCUT2D eigenvalue weighted by atomic mass is 32.1. The number of anilines is 1. The number of aliphatic carboxylic acids is 1. The molecule has 0 fully saturated rings. The molecule has 1 aromatic rings. The van der Waals surface area contributed by atoms with E-state index < -0.39 is 11.8 Å². The molecule has 3 rings (SSSR count). The monoisotopic (exact) mass is 375 g/mol. The van der Waals surface area contributed by atoms with Crippen LogP contribution >= 0.6 is 11.3 Å². The molecule has 0 bridgehead atoms. The Morgan fingerprint density at radius 2 is 1.96 bits per heavy atom. The lowest BCUT2D eigenvalue weighted by molar-refractivity contribution is -0.132. The summed E-state index contributed by atoms with van der Waals surface area (Å²) in [5.41, 5.74) is 3.28. The van der Waals surface area contributed by atoms with Crippen LogP contribution in [-0.4, -0.2) is 23.1 Å². The molecule has 26 heavy (non-hydrogen) atoms. The first-order chi connectivity index (χ1) is 12.0. The third-order valence-electron chi connectivity index (χ3n) is 5.78. The molecule has 0 radical (unpaired) electrons. The molecule has 0 aromatic carbocycles. The molecule has 3 N–H and O–H groups in total. The van der Waals surface area contributed by atoms with E-state index in [1.807, 2.05) is 18.3 Å². The van der Waals surface area contributed by atoms with Crippen LogP contribution in [0.3, 0.4) is 0 Å². The van der Waals surface area contributed by atoms with Gasteiger partial charge >= 0.3 is 5.97 Å². The van der Waals surface area contributed by atoms with Gasteiger partial charge < -0.3 is 15.7 Å². The maximum atomic E-state index is 11.1. The average Bonchev–Trinajstić information content (AvgIpc) is 2.91. The van der Waals surface area contributed by atoms with E-state index in [-0.39, 0.29) is 16.4 Å². The Balaban J connectivity index is 1.98. The minimum absolute atomic E-state index is 0.167. The molecule has 1 unspecified atom stereocenters. The Morgan fingerprint density at radius 1 is 1.31 bits per heavy atom. The number of fused-ring (bicyclic) bond motifs is 1. The molecule has 0 spiro atoms. The standard InChI is InChI=1S/C20H29N3O2S/c1-7-20(21-10-13(11-22-20)17(24)25)23-16-12(2)14-15(26-16)19(5,6)9-8-18(14,3)4/h10-11,21,23H,7-9H2,1-6H3,(H,24,25). The second-order valence-corrected chi connectivity index (χ2v) is 9.69. The smallest absolute Gasteiger partial charge is 0.338 e. The van der Waals surface area contributed by atoms with Crippen molar-refractivity contribution in [3.8, 4) is 0 Å². The third kappa shape index (κ3) is 3.04. The number of hydrogen-bond donors (Lipinski definition) is 3. The van der Waals surface area contributed by atoms with Crippen molar-refractivity contribution in [3.05, 3.63) is 27.8 Å². The minimum atomic E-state index is -0.975. The SMILES string of the molecule is CCC1(Nc2sc3c(c2C)C(C)(C)CCC3(C)C)N=CC(C(=O)O)=CN1. The number of rotatable bonds is 4. The van der Waals surface area contributed by atoms with Crippen molar-refractivity contribution in [2.24, 2.45) is 4.99 Å². The predicted molar refractivity (Wildman–Crippen MR) is 108 cm³/mol. The summed E-state index contributed by atoms with van der Waals surface area (Å²) < 4.78 is 0. The summed E-state index contributed by atoms with van der Waals surface area (Å²) in [5, 5.41) is 17.0. The van der Waals surface area contributed by atoms with Gasteiger partial charge in [0.1, 0.15) is 0 Å². The molecule has 5 nitrogen and oxygen atoms in total. The second-order valence-electron chi connectivity index (χ2n) is 8.67. The largest absolute Gasteiger partial charge is 0.478 e. The topological polar surface area (TPSA) is 73.7 Å². The Hall–Kier alpha value is -1.82. The molecule has 1 aromatic heterocycles. The van der Waals surface area contributed by atoms with Gasteiger partial charge in [-0.3, -0.25) is 0 Å². The molecule has 0 saturated heterocycles. The van der Waals surface area contributed by atoms with Crippen molar-refractivity contribution in [2.75, 3.05) is 5.32 Å². The van der Waals surface area contributed by atoms with Crippen molar-refractivity contribution in [1.82, 2.24) is 5.32 Å². The number of aliphatic imine (C=N–C) groups is 1. The van der Waals surface area contributed by atoms with E-state index in [1.165, 1.54) is 41.3 Å². The number of nitrogens with one attached hydrogen (secondary N) is 2. The van der Waals surface area contributed by atoms with E-state index in [0.717, 1.165) is 5.00 Å². The lowest BCUT2D eigenvalue weighted by atomic mass is 9.66. The molecular formula is C20H29N3O2S. The summed E-state index contributed by atoms with van der Waals surface area (Å²) >= 11 is 1.82.